The lowest BCUT2D eigenvalue weighted by Gasteiger charge is -2.36. The third-order valence-electron chi connectivity index (χ3n) is 4.97. The van der Waals surface area contributed by atoms with Gasteiger partial charge >= 0.3 is 0 Å². The van der Waals surface area contributed by atoms with Crippen LogP contribution in [0, 0.1) is 0 Å². The number of amides is 2. The average molecular weight is 405 g/mol. The van der Waals surface area contributed by atoms with Gasteiger partial charge in [-0.25, -0.2) is 0 Å². The molecule has 0 aromatic heterocycles. The molecule has 2 aliphatic heterocycles. The molecule has 2 aliphatic rings. The third kappa shape index (κ3) is 5.88. The molecule has 1 aromatic carbocycles. The maximum Gasteiger partial charge on any atom is 0.242 e. The van der Waals surface area contributed by atoms with Crippen molar-refractivity contribution >= 4 is 29.3 Å². The summed E-state index contributed by atoms with van der Waals surface area (Å²) in [4.78, 5) is 32.6. The normalized spacial score (nSPS) is 18.4. The Morgan fingerprint density at radius 2 is 1.75 bits per heavy atom. The summed E-state index contributed by atoms with van der Waals surface area (Å²) in [7, 11) is 0. The Morgan fingerprint density at radius 3 is 2.46 bits per heavy atom. The summed E-state index contributed by atoms with van der Waals surface area (Å²) in [5, 5.41) is 3.00. The van der Waals surface area contributed by atoms with Crippen molar-refractivity contribution in [3.8, 4) is 0 Å². The van der Waals surface area contributed by atoms with E-state index >= 15 is 0 Å². The van der Waals surface area contributed by atoms with E-state index in [2.05, 4.69) is 33.3 Å². The summed E-state index contributed by atoms with van der Waals surface area (Å²) in [6.45, 7) is 10.6. The highest BCUT2D eigenvalue weighted by Gasteiger charge is 2.26. The molecule has 0 bridgehead atoms. The van der Waals surface area contributed by atoms with Crippen molar-refractivity contribution < 1.29 is 9.59 Å². The number of hydrogen-bond donors (Lipinski definition) is 1. The number of fused-ring (bicyclic) bond motifs is 1. The number of piperazine rings is 1. The largest absolute Gasteiger partial charge is 0.361 e. The van der Waals surface area contributed by atoms with Crippen LogP contribution in [0.4, 0.5) is 5.69 Å². The highest BCUT2D eigenvalue weighted by atomic mass is 32.2. The fourth-order valence-corrected chi connectivity index (χ4v) is 4.66. The summed E-state index contributed by atoms with van der Waals surface area (Å²) >= 11 is 1.87. The Morgan fingerprint density at radius 1 is 1.04 bits per heavy atom. The molecule has 28 heavy (non-hydrogen) atoms. The Labute approximate surface area is 172 Å². The van der Waals surface area contributed by atoms with Crippen LogP contribution in [-0.4, -0.2) is 78.7 Å². The van der Waals surface area contributed by atoms with Crippen LogP contribution in [0.3, 0.4) is 0 Å². The number of carbonyl (C=O) groups excluding carboxylic acids is 2. The van der Waals surface area contributed by atoms with E-state index in [0.717, 1.165) is 31.8 Å². The van der Waals surface area contributed by atoms with Gasteiger partial charge in [-0.3, -0.25) is 14.5 Å². The van der Waals surface area contributed by atoms with Gasteiger partial charge in [0, 0.05) is 43.2 Å². The molecule has 2 heterocycles. The second-order valence-electron chi connectivity index (χ2n) is 8.55. The van der Waals surface area contributed by atoms with Crippen molar-refractivity contribution in [1.82, 2.24) is 15.1 Å². The Balaban J connectivity index is 1.50. The van der Waals surface area contributed by atoms with Crippen molar-refractivity contribution in [2.45, 2.75) is 37.6 Å². The second kappa shape index (κ2) is 9.18. The van der Waals surface area contributed by atoms with E-state index in [9.17, 15) is 9.59 Å². The van der Waals surface area contributed by atoms with E-state index in [1.54, 1.807) is 0 Å². The molecule has 1 fully saturated rings. The van der Waals surface area contributed by atoms with E-state index in [0.29, 0.717) is 26.2 Å². The first-order valence-electron chi connectivity index (χ1n) is 10.1. The lowest BCUT2D eigenvalue weighted by atomic mass is 10.1. The fourth-order valence-electron chi connectivity index (χ4n) is 3.64. The van der Waals surface area contributed by atoms with Crippen LogP contribution in [-0.2, 0) is 9.59 Å². The molecule has 2 amide bonds. The molecule has 1 saturated heterocycles. The molecule has 1 N–H and O–H groups in total. The molecule has 0 saturated carbocycles. The van der Waals surface area contributed by atoms with Crippen molar-refractivity contribution in [2.75, 3.05) is 56.5 Å². The summed E-state index contributed by atoms with van der Waals surface area (Å²) in [6, 6.07) is 8.37. The number of thioether (sulfide) groups is 1. The molecular weight excluding hydrogens is 372 g/mol. The predicted octanol–water partition coefficient (Wildman–Crippen LogP) is 2.05. The zero-order chi connectivity index (χ0) is 20.1. The number of nitrogens with one attached hydrogen (secondary N) is 1. The topological polar surface area (TPSA) is 55.9 Å². The predicted molar refractivity (Wildman–Crippen MR) is 115 cm³/mol. The number of hydrogen-bond acceptors (Lipinski definition) is 5. The molecule has 3 rings (SSSR count). The van der Waals surface area contributed by atoms with Crippen molar-refractivity contribution in [1.29, 1.82) is 0 Å². The number of anilines is 1. The first-order valence-corrected chi connectivity index (χ1v) is 11.1. The summed E-state index contributed by atoms with van der Waals surface area (Å²) in [5.41, 5.74) is 0.965. The molecule has 0 aliphatic carbocycles. The van der Waals surface area contributed by atoms with Gasteiger partial charge in [0.15, 0.2) is 0 Å². The van der Waals surface area contributed by atoms with E-state index in [-0.39, 0.29) is 17.4 Å². The highest BCUT2D eigenvalue weighted by molar-refractivity contribution is 7.99. The van der Waals surface area contributed by atoms with Crippen LogP contribution in [0.1, 0.15) is 27.2 Å². The highest BCUT2D eigenvalue weighted by Crippen LogP contribution is 2.33. The quantitative estimate of drug-likeness (QED) is 0.832. The number of nitrogens with zero attached hydrogens (tertiary/aromatic N) is 3. The Kier molecular flexibility index (Phi) is 6.88. The zero-order valence-electron chi connectivity index (χ0n) is 17.2. The molecule has 0 atom stereocenters. The monoisotopic (exact) mass is 404 g/mol. The number of para-hydroxylation sites is 1. The summed E-state index contributed by atoms with van der Waals surface area (Å²) < 4.78 is 0. The van der Waals surface area contributed by atoms with Crippen molar-refractivity contribution in [3.63, 3.8) is 0 Å². The molecule has 7 heteroatoms. The SMILES string of the molecule is CC(C)(C)NC(=O)CN1CCN(C(=O)CN2CCCSc3ccccc32)CC1. The minimum atomic E-state index is -0.212. The van der Waals surface area contributed by atoms with Gasteiger partial charge in [-0.15, -0.1) is 11.8 Å². The zero-order valence-corrected chi connectivity index (χ0v) is 18.1. The van der Waals surface area contributed by atoms with E-state index in [4.69, 9.17) is 0 Å². The van der Waals surface area contributed by atoms with Crippen LogP contribution in [0.15, 0.2) is 29.2 Å². The van der Waals surface area contributed by atoms with Gasteiger partial charge in [0.2, 0.25) is 11.8 Å². The van der Waals surface area contributed by atoms with Gasteiger partial charge in [0.25, 0.3) is 0 Å². The van der Waals surface area contributed by atoms with Gasteiger partial charge in [-0.05, 0) is 45.1 Å². The fraction of sp³-hybridized carbons (Fsp3) is 0.619. The maximum absolute atomic E-state index is 12.9. The third-order valence-corrected chi connectivity index (χ3v) is 6.12. The van der Waals surface area contributed by atoms with Gasteiger partial charge < -0.3 is 15.1 Å². The van der Waals surface area contributed by atoms with Crippen LogP contribution in [0.25, 0.3) is 0 Å². The van der Waals surface area contributed by atoms with E-state index in [1.165, 1.54) is 10.6 Å². The molecule has 0 unspecified atom stereocenters. The van der Waals surface area contributed by atoms with Gasteiger partial charge in [-0.1, -0.05) is 12.1 Å². The standard InChI is InChI=1S/C21H32N4O2S/c1-21(2,3)22-19(26)15-23-10-12-24(13-11-23)20(27)16-25-9-6-14-28-18-8-5-4-7-17(18)25/h4-5,7-8H,6,9-16H2,1-3H3,(H,22,26). The van der Waals surface area contributed by atoms with Crippen molar-refractivity contribution in [2.24, 2.45) is 0 Å². The molecule has 6 nitrogen and oxygen atoms in total. The smallest absolute Gasteiger partial charge is 0.242 e. The minimum Gasteiger partial charge on any atom is -0.361 e. The lowest BCUT2D eigenvalue weighted by molar-refractivity contribution is -0.131. The van der Waals surface area contributed by atoms with Crippen LogP contribution < -0.4 is 10.2 Å². The van der Waals surface area contributed by atoms with Gasteiger partial charge in [-0.2, -0.15) is 0 Å². The molecular formula is C21H32N4O2S. The van der Waals surface area contributed by atoms with Gasteiger partial charge in [0.1, 0.15) is 0 Å². The Hall–Kier alpha value is -1.73. The first-order chi connectivity index (χ1) is 13.3. The molecule has 0 spiro atoms. The molecule has 154 valence electrons. The maximum atomic E-state index is 12.9. The number of carbonyl (C=O) groups is 2. The lowest BCUT2D eigenvalue weighted by Crippen LogP contribution is -2.54. The summed E-state index contributed by atoms with van der Waals surface area (Å²) in [6.07, 6.45) is 1.09. The molecule has 0 radical (unpaired) electrons. The second-order valence-corrected chi connectivity index (χ2v) is 9.68. The number of rotatable bonds is 4. The molecule has 1 aromatic rings. The van der Waals surface area contributed by atoms with E-state index < -0.39 is 0 Å². The first kappa shape index (κ1) is 21.0. The van der Waals surface area contributed by atoms with E-state index in [1.807, 2.05) is 43.5 Å². The van der Waals surface area contributed by atoms with Crippen molar-refractivity contribution in [3.05, 3.63) is 24.3 Å². The average Bonchev–Trinajstić information content (AvgIpc) is 2.83. The Bertz CT molecular complexity index is 696. The van der Waals surface area contributed by atoms with Crippen LogP contribution in [0.2, 0.25) is 0 Å². The van der Waals surface area contributed by atoms with Crippen LogP contribution in [0.5, 0.6) is 0 Å². The van der Waals surface area contributed by atoms with Crippen LogP contribution >= 0.6 is 11.8 Å². The van der Waals surface area contributed by atoms with Gasteiger partial charge in [0.05, 0.1) is 18.8 Å². The number of benzene rings is 1. The summed E-state index contributed by atoms with van der Waals surface area (Å²) in [5.74, 6) is 1.32. The minimum absolute atomic E-state index is 0.0472.